The Labute approximate surface area is 172 Å². The molecule has 1 atom stereocenters. The SMILES string of the molecule is Cc1ccc(C(=O)Nc2ccc3c(c2)NC(=O)[C@@H](C)O3)cc1NC(=O)c1ccco1. The van der Waals surface area contributed by atoms with E-state index in [1.54, 1.807) is 55.5 Å². The Bertz CT molecular complexity index is 1140. The van der Waals surface area contributed by atoms with E-state index in [9.17, 15) is 14.4 Å². The molecule has 1 aliphatic heterocycles. The molecule has 0 fully saturated rings. The van der Waals surface area contributed by atoms with Crippen molar-refractivity contribution in [3.05, 3.63) is 71.7 Å². The summed E-state index contributed by atoms with van der Waals surface area (Å²) < 4.78 is 10.6. The van der Waals surface area contributed by atoms with Crippen LogP contribution in [0.1, 0.15) is 33.4 Å². The summed E-state index contributed by atoms with van der Waals surface area (Å²) in [5.41, 5.74) is 2.66. The predicted octanol–water partition coefficient (Wildman–Crippen LogP) is 3.81. The Hall–Kier alpha value is -4.07. The van der Waals surface area contributed by atoms with E-state index in [0.29, 0.717) is 28.4 Å². The molecule has 0 saturated heterocycles. The second-order valence-corrected chi connectivity index (χ2v) is 6.88. The zero-order chi connectivity index (χ0) is 21.3. The van der Waals surface area contributed by atoms with Gasteiger partial charge in [0.2, 0.25) is 0 Å². The van der Waals surface area contributed by atoms with Gasteiger partial charge < -0.3 is 25.1 Å². The summed E-state index contributed by atoms with van der Waals surface area (Å²) in [6.07, 6.45) is 0.846. The maximum absolute atomic E-state index is 12.7. The highest BCUT2D eigenvalue weighted by Crippen LogP contribution is 2.32. The van der Waals surface area contributed by atoms with Crippen LogP contribution in [0, 0.1) is 6.92 Å². The van der Waals surface area contributed by atoms with Crippen LogP contribution in [-0.2, 0) is 4.79 Å². The normalized spacial score (nSPS) is 14.9. The molecule has 3 aromatic rings. The van der Waals surface area contributed by atoms with E-state index < -0.39 is 12.0 Å². The van der Waals surface area contributed by atoms with Gasteiger partial charge in [0.25, 0.3) is 17.7 Å². The quantitative estimate of drug-likeness (QED) is 0.611. The third-order valence-electron chi connectivity index (χ3n) is 4.66. The van der Waals surface area contributed by atoms with Crippen LogP contribution in [-0.4, -0.2) is 23.8 Å². The molecule has 2 aromatic carbocycles. The number of fused-ring (bicyclic) bond motifs is 1. The summed E-state index contributed by atoms with van der Waals surface area (Å²) in [5.74, 6) is -0.295. The zero-order valence-corrected chi connectivity index (χ0v) is 16.3. The van der Waals surface area contributed by atoms with Gasteiger partial charge in [0.15, 0.2) is 11.9 Å². The van der Waals surface area contributed by atoms with E-state index in [-0.39, 0.29) is 17.6 Å². The second-order valence-electron chi connectivity index (χ2n) is 6.88. The molecule has 8 nitrogen and oxygen atoms in total. The lowest BCUT2D eigenvalue weighted by molar-refractivity contribution is -0.122. The van der Waals surface area contributed by atoms with Gasteiger partial charge in [-0.2, -0.15) is 0 Å². The second kappa shape index (κ2) is 7.75. The summed E-state index contributed by atoms with van der Waals surface area (Å²) in [5, 5.41) is 8.27. The lowest BCUT2D eigenvalue weighted by Crippen LogP contribution is -2.34. The fourth-order valence-corrected chi connectivity index (χ4v) is 2.98. The van der Waals surface area contributed by atoms with Crippen LogP contribution in [0.3, 0.4) is 0 Å². The minimum absolute atomic E-state index is 0.178. The highest BCUT2D eigenvalue weighted by molar-refractivity contribution is 6.07. The first-order chi connectivity index (χ1) is 14.4. The number of ether oxygens (including phenoxy) is 1. The van der Waals surface area contributed by atoms with Crippen LogP contribution < -0.4 is 20.7 Å². The molecule has 1 aromatic heterocycles. The van der Waals surface area contributed by atoms with Crippen molar-refractivity contribution in [3.8, 4) is 5.75 Å². The number of aryl methyl sites for hydroxylation is 1. The van der Waals surface area contributed by atoms with Gasteiger partial charge in [0, 0.05) is 16.9 Å². The summed E-state index contributed by atoms with van der Waals surface area (Å²) in [6.45, 7) is 3.49. The molecule has 0 saturated carbocycles. The van der Waals surface area contributed by atoms with Gasteiger partial charge in [-0.25, -0.2) is 0 Å². The maximum atomic E-state index is 12.7. The number of nitrogens with one attached hydrogen (secondary N) is 3. The van der Waals surface area contributed by atoms with Crippen molar-refractivity contribution < 1.29 is 23.5 Å². The highest BCUT2D eigenvalue weighted by atomic mass is 16.5. The van der Waals surface area contributed by atoms with Gasteiger partial charge in [-0.15, -0.1) is 0 Å². The molecule has 0 aliphatic carbocycles. The minimum Gasteiger partial charge on any atom is -0.479 e. The van der Waals surface area contributed by atoms with Crippen molar-refractivity contribution in [2.75, 3.05) is 16.0 Å². The molecule has 0 spiro atoms. The number of hydrogen-bond donors (Lipinski definition) is 3. The Balaban J connectivity index is 1.51. The number of benzene rings is 2. The van der Waals surface area contributed by atoms with Crippen LogP contribution in [0.25, 0.3) is 0 Å². The van der Waals surface area contributed by atoms with Gasteiger partial charge in [0.05, 0.1) is 12.0 Å². The van der Waals surface area contributed by atoms with Crippen molar-refractivity contribution >= 4 is 34.8 Å². The summed E-state index contributed by atoms with van der Waals surface area (Å²) in [4.78, 5) is 36.7. The largest absolute Gasteiger partial charge is 0.479 e. The van der Waals surface area contributed by atoms with E-state index in [1.165, 1.54) is 6.26 Å². The first-order valence-corrected chi connectivity index (χ1v) is 9.29. The number of carbonyl (C=O) groups is 3. The standard InChI is InChI=1S/C22H19N3O5/c1-12-5-6-14(10-16(12)24-22(28)19-4-3-9-29-19)21(27)23-15-7-8-18-17(11-15)25-20(26)13(2)30-18/h3-11,13H,1-2H3,(H,23,27)(H,24,28)(H,25,26)/t13-/m1/s1. The van der Waals surface area contributed by atoms with Gasteiger partial charge in [-0.05, 0) is 61.9 Å². The number of furan rings is 1. The molecule has 3 amide bonds. The Morgan fingerprint density at radius 1 is 1.03 bits per heavy atom. The lowest BCUT2D eigenvalue weighted by atomic mass is 10.1. The van der Waals surface area contributed by atoms with Crippen molar-refractivity contribution in [1.29, 1.82) is 0 Å². The first-order valence-electron chi connectivity index (χ1n) is 9.29. The molecule has 8 heteroatoms. The van der Waals surface area contributed by atoms with E-state index in [2.05, 4.69) is 16.0 Å². The average Bonchev–Trinajstić information content (AvgIpc) is 3.26. The Kier molecular flexibility index (Phi) is 4.97. The fraction of sp³-hybridized carbons (Fsp3) is 0.136. The predicted molar refractivity (Wildman–Crippen MR) is 111 cm³/mol. The zero-order valence-electron chi connectivity index (χ0n) is 16.3. The van der Waals surface area contributed by atoms with Gasteiger partial charge in [0.1, 0.15) is 5.75 Å². The highest BCUT2D eigenvalue weighted by Gasteiger charge is 2.23. The van der Waals surface area contributed by atoms with Crippen LogP contribution in [0.2, 0.25) is 0 Å². The Morgan fingerprint density at radius 3 is 2.63 bits per heavy atom. The van der Waals surface area contributed by atoms with Crippen molar-refractivity contribution in [2.45, 2.75) is 20.0 Å². The van der Waals surface area contributed by atoms with Crippen LogP contribution >= 0.6 is 0 Å². The van der Waals surface area contributed by atoms with E-state index in [1.807, 2.05) is 6.92 Å². The van der Waals surface area contributed by atoms with Crippen molar-refractivity contribution in [2.24, 2.45) is 0 Å². The molecular weight excluding hydrogens is 386 g/mol. The fourth-order valence-electron chi connectivity index (χ4n) is 2.98. The molecule has 4 rings (SSSR count). The van der Waals surface area contributed by atoms with E-state index in [4.69, 9.17) is 9.15 Å². The first kappa shape index (κ1) is 19.3. The molecule has 152 valence electrons. The van der Waals surface area contributed by atoms with E-state index in [0.717, 1.165) is 5.56 Å². The topological polar surface area (TPSA) is 110 Å². The molecule has 30 heavy (non-hydrogen) atoms. The average molecular weight is 405 g/mol. The number of amides is 3. The molecule has 0 radical (unpaired) electrons. The summed E-state index contributed by atoms with van der Waals surface area (Å²) in [7, 11) is 0. The number of anilines is 3. The molecule has 2 heterocycles. The Morgan fingerprint density at radius 2 is 1.87 bits per heavy atom. The van der Waals surface area contributed by atoms with E-state index >= 15 is 0 Å². The maximum Gasteiger partial charge on any atom is 0.291 e. The molecular formula is C22H19N3O5. The minimum atomic E-state index is -0.569. The lowest BCUT2D eigenvalue weighted by Gasteiger charge is -2.23. The third-order valence-corrected chi connectivity index (χ3v) is 4.66. The van der Waals surface area contributed by atoms with Gasteiger partial charge in [-0.1, -0.05) is 6.07 Å². The van der Waals surface area contributed by atoms with Gasteiger partial charge in [-0.3, -0.25) is 14.4 Å². The third kappa shape index (κ3) is 3.88. The van der Waals surface area contributed by atoms with Crippen LogP contribution in [0.5, 0.6) is 5.75 Å². The number of hydrogen-bond acceptors (Lipinski definition) is 5. The molecule has 3 N–H and O–H groups in total. The monoisotopic (exact) mass is 405 g/mol. The van der Waals surface area contributed by atoms with Crippen molar-refractivity contribution in [3.63, 3.8) is 0 Å². The number of rotatable bonds is 4. The summed E-state index contributed by atoms with van der Waals surface area (Å²) in [6, 6.07) is 13.2. The van der Waals surface area contributed by atoms with Crippen LogP contribution in [0.15, 0.2) is 59.2 Å². The van der Waals surface area contributed by atoms with Crippen LogP contribution in [0.4, 0.5) is 17.1 Å². The number of carbonyl (C=O) groups excluding carboxylic acids is 3. The smallest absolute Gasteiger partial charge is 0.291 e. The van der Waals surface area contributed by atoms with Crippen molar-refractivity contribution in [1.82, 2.24) is 0 Å². The summed E-state index contributed by atoms with van der Waals surface area (Å²) >= 11 is 0. The van der Waals surface area contributed by atoms with Gasteiger partial charge >= 0.3 is 0 Å². The molecule has 1 aliphatic rings. The molecule has 0 unspecified atom stereocenters. The molecule has 0 bridgehead atoms.